The van der Waals surface area contributed by atoms with Gasteiger partial charge in [-0.3, -0.25) is 20.5 Å². The summed E-state index contributed by atoms with van der Waals surface area (Å²) in [6, 6.07) is 0. The molecule has 0 aliphatic carbocycles. The normalized spacial score (nSPS) is 17.4. The highest BCUT2D eigenvalue weighted by Crippen LogP contribution is 1.92. The largest absolute Gasteiger partial charge is 0.379 e. The number of aliphatic hydroxyl groups excluding tert-OH is 2. The van der Waals surface area contributed by atoms with E-state index < -0.39 is 12.5 Å². The molecule has 0 aromatic rings. The molecule has 3 atom stereocenters. The molecule has 6 heteroatoms. The summed E-state index contributed by atoms with van der Waals surface area (Å²) in [5.74, 6) is 0. The van der Waals surface area contributed by atoms with Gasteiger partial charge in [0, 0.05) is 12.8 Å². The van der Waals surface area contributed by atoms with Gasteiger partial charge in [-0.05, 0) is 53.1 Å². The van der Waals surface area contributed by atoms with E-state index in [2.05, 4.69) is 15.6 Å². The molecule has 112 valence electrons. The van der Waals surface area contributed by atoms with Crippen molar-refractivity contribution in [1.29, 1.82) is 0 Å². The standard InChI is InChI=1S/C13H28N4O2/c1-11(15-8-5-7-13(19)14-3)16-9-6-10-17(4)12(2)18/h5,7-8,11-14,16,18-19H,6,9-10H2,1-4H3/b7-5+,15-8?. The zero-order valence-corrected chi connectivity index (χ0v) is 12.4. The van der Waals surface area contributed by atoms with Crippen molar-refractivity contribution in [2.75, 3.05) is 27.2 Å². The molecule has 6 nitrogen and oxygen atoms in total. The van der Waals surface area contributed by atoms with Crippen molar-refractivity contribution in [2.24, 2.45) is 4.99 Å². The highest BCUT2D eigenvalue weighted by Gasteiger charge is 2.03. The third kappa shape index (κ3) is 10.8. The number of aliphatic imine (C=N–C) groups is 1. The SMILES string of the molecule is CNC(O)/C=C/C=NC(C)NCCCN(C)C(C)O. The number of hydrogen-bond donors (Lipinski definition) is 4. The first-order chi connectivity index (χ1) is 8.97. The second-order valence-corrected chi connectivity index (χ2v) is 4.51. The van der Waals surface area contributed by atoms with Crippen molar-refractivity contribution in [3.63, 3.8) is 0 Å². The fourth-order valence-electron chi connectivity index (χ4n) is 1.31. The molecular weight excluding hydrogens is 244 g/mol. The molecule has 0 aromatic carbocycles. The molecule has 0 saturated heterocycles. The van der Waals surface area contributed by atoms with Gasteiger partial charge in [-0.2, -0.15) is 0 Å². The van der Waals surface area contributed by atoms with Gasteiger partial charge in [0.25, 0.3) is 0 Å². The van der Waals surface area contributed by atoms with E-state index in [1.807, 2.05) is 18.9 Å². The summed E-state index contributed by atoms with van der Waals surface area (Å²) in [6.07, 6.45) is 4.95. The molecule has 4 N–H and O–H groups in total. The van der Waals surface area contributed by atoms with Gasteiger partial charge in [0.2, 0.25) is 0 Å². The van der Waals surface area contributed by atoms with Crippen LogP contribution in [0.3, 0.4) is 0 Å². The Morgan fingerprint density at radius 1 is 1.32 bits per heavy atom. The first-order valence-electron chi connectivity index (χ1n) is 6.64. The number of nitrogens with zero attached hydrogens (tertiary/aromatic N) is 2. The second-order valence-electron chi connectivity index (χ2n) is 4.51. The number of aliphatic hydroxyl groups is 2. The first-order valence-corrected chi connectivity index (χ1v) is 6.64. The van der Waals surface area contributed by atoms with Crippen LogP contribution in [0, 0.1) is 0 Å². The molecular formula is C13H28N4O2. The minimum atomic E-state index is -0.634. The highest BCUT2D eigenvalue weighted by atomic mass is 16.3. The highest BCUT2D eigenvalue weighted by molar-refractivity contribution is 5.71. The Morgan fingerprint density at radius 3 is 2.58 bits per heavy atom. The molecule has 0 rings (SSSR count). The zero-order chi connectivity index (χ0) is 14.7. The topological polar surface area (TPSA) is 80.1 Å². The minimum Gasteiger partial charge on any atom is -0.379 e. The summed E-state index contributed by atoms with van der Waals surface area (Å²) in [5, 5.41) is 24.4. The fraction of sp³-hybridized carbons (Fsp3) is 0.769. The molecule has 0 fully saturated rings. The van der Waals surface area contributed by atoms with Crippen LogP contribution in [0.1, 0.15) is 20.3 Å². The zero-order valence-electron chi connectivity index (χ0n) is 12.4. The molecule has 0 radical (unpaired) electrons. The summed E-state index contributed by atoms with van der Waals surface area (Å²) in [4.78, 5) is 6.14. The van der Waals surface area contributed by atoms with Gasteiger partial charge in [-0.15, -0.1) is 0 Å². The minimum absolute atomic E-state index is 0.0354. The molecule has 0 aliphatic rings. The van der Waals surface area contributed by atoms with Crippen molar-refractivity contribution in [1.82, 2.24) is 15.5 Å². The molecule has 0 spiro atoms. The van der Waals surface area contributed by atoms with Gasteiger partial charge >= 0.3 is 0 Å². The lowest BCUT2D eigenvalue weighted by Gasteiger charge is -2.19. The van der Waals surface area contributed by atoms with E-state index in [0.29, 0.717) is 0 Å². The van der Waals surface area contributed by atoms with E-state index in [0.717, 1.165) is 19.5 Å². The lowest BCUT2D eigenvalue weighted by molar-refractivity contribution is 0.0378. The lowest BCUT2D eigenvalue weighted by Crippen LogP contribution is -2.32. The van der Waals surface area contributed by atoms with Crippen molar-refractivity contribution in [3.8, 4) is 0 Å². The van der Waals surface area contributed by atoms with Crippen LogP contribution in [0.4, 0.5) is 0 Å². The molecule has 0 aromatic heterocycles. The number of allylic oxidation sites excluding steroid dienone is 1. The monoisotopic (exact) mass is 272 g/mol. The molecule has 0 amide bonds. The van der Waals surface area contributed by atoms with Crippen LogP contribution < -0.4 is 10.6 Å². The van der Waals surface area contributed by atoms with E-state index in [9.17, 15) is 10.2 Å². The van der Waals surface area contributed by atoms with Gasteiger partial charge in [0.05, 0.1) is 6.17 Å². The summed E-state index contributed by atoms with van der Waals surface area (Å²) in [7, 11) is 3.57. The Bertz CT molecular complexity index is 269. The van der Waals surface area contributed by atoms with Crippen molar-refractivity contribution in [3.05, 3.63) is 12.2 Å². The third-order valence-electron chi connectivity index (χ3n) is 2.75. The van der Waals surface area contributed by atoms with E-state index >= 15 is 0 Å². The molecule has 3 unspecified atom stereocenters. The van der Waals surface area contributed by atoms with E-state index in [1.165, 1.54) is 0 Å². The molecule has 0 aliphatic heterocycles. The second kappa shape index (κ2) is 11.1. The number of likely N-dealkylation sites (N-methyl/N-ethyl adjacent to an activating group) is 1. The van der Waals surface area contributed by atoms with Crippen molar-refractivity contribution < 1.29 is 10.2 Å². The Morgan fingerprint density at radius 2 is 2.00 bits per heavy atom. The summed E-state index contributed by atoms with van der Waals surface area (Å²) < 4.78 is 0. The van der Waals surface area contributed by atoms with E-state index in [1.54, 1.807) is 32.3 Å². The maximum Gasteiger partial charge on any atom is 0.124 e. The van der Waals surface area contributed by atoms with Gasteiger partial charge < -0.3 is 10.2 Å². The quantitative estimate of drug-likeness (QED) is 0.250. The number of rotatable bonds is 10. The Labute approximate surface area is 116 Å². The maximum atomic E-state index is 9.29. The van der Waals surface area contributed by atoms with Crippen molar-refractivity contribution in [2.45, 2.75) is 38.9 Å². The van der Waals surface area contributed by atoms with Crippen LogP contribution in [-0.4, -0.2) is 67.1 Å². The van der Waals surface area contributed by atoms with Gasteiger partial charge in [-0.25, -0.2) is 0 Å². The van der Waals surface area contributed by atoms with Crippen LogP contribution in [-0.2, 0) is 0 Å². The van der Waals surface area contributed by atoms with Crippen LogP contribution >= 0.6 is 0 Å². The predicted octanol–water partition coefficient (Wildman–Crippen LogP) is -0.253. The van der Waals surface area contributed by atoms with Crippen LogP contribution in [0.25, 0.3) is 0 Å². The van der Waals surface area contributed by atoms with Crippen molar-refractivity contribution >= 4 is 6.21 Å². The molecule has 19 heavy (non-hydrogen) atoms. The Balaban J connectivity index is 3.67. The molecule has 0 bridgehead atoms. The predicted molar refractivity (Wildman–Crippen MR) is 79.1 cm³/mol. The third-order valence-corrected chi connectivity index (χ3v) is 2.75. The van der Waals surface area contributed by atoms with Gasteiger partial charge in [0.15, 0.2) is 0 Å². The molecule has 0 heterocycles. The smallest absolute Gasteiger partial charge is 0.124 e. The maximum absolute atomic E-state index is 9.29. The van der Waals surface area contributed by atoms with Crippen LogP contribution in [0.15, 0.2) is 17.1 Å². The van der Waals surface area contributed by atoms with Gasteiger partial charge in [0.1, 0.15) is 12.5 Å². The van der Waals surface area contributed by atoms with Crippen LogP contribution in [0.2, 0.25) is 0 Å². The number of hydrogen-bond acceptors (Lipinski definition) is 6. The summed E-state index contributed by atoms with van der Waals surface area (Å²) in [6.45, 7) is 5.41. The lowest BCUT2D eigenvalue weighted by atomic mass is 10.3. The Hall–Kier alpha value is -0.790. The fourth-order valence-corrected chi connectivity index (χ4v) is 1.31. The van der Waals surface area contributed by atoms with E-state index in [4.69, 9.17) is 0 Å². The first kappa shape index (κ1) is 18.2. The number of nitrogens with one attached hydrogen (secondary N) is 2. The average molecular weight is 272 g/mol. The van der Waals surface area contributed by atoms with E-state index in [-0.39, 0.29) is 6.17 Å². The van der Waals surface area contributed by atoms with Crippen LogP contribution in [0.5, 0.6) is 0 Å². The summed E-state index contributed by atoms with van der Waals surface area (Å²) in [5.41, 5.74) is 0. The summed E-state index contributed by atoms with van der Waals surface area (Å²) >= 11 is 0. The van der Waals surface area contributed by atoms with Gasteiger partial charge in [-0.1, -0.05) is 0 Å². The molecule has 0 saturated carbocycles. The average Bonchev–Trinajstić information content (AvgIpc) is 2.38. The Kier molecular flexibility index (Phi) is 10.6.